The van der Waals surface area contributed by atoms with Crippen LogP contribution in [0.4, 0.5) is 0 Å². The fourth-order valence-corrected chi connectivity index (χ4v) is 3.63. The Balaban J connectivity index is 1.62. The Morgan fingerprint density at radius 1 is 1.17 bits per heavy atom. The van der Waals surface area contributed by atoms with Crippen LogP contribution in [-0.4, -0.2) is 40.6 Å². The largest absolute Gasteiger partial charge is 0.327 e. The lowest BCUT2D eigenvalue weighted by Gasteiger charge is -2.26. The van der Waals surface area contributed by atoms with E-state index in [0.717, 1.165) is 48.1 Å². The number of nitrogens with zero attached hydrogens (tertiary/aromatic N) is 3. The number of nitrogens with one attached hydrogen (secondary N) is 1. The number of halogens is 1. The maximum Gasteiger partial charge on any atom is 0.123 e. The Hall–Kier alpha value is -1.10. The van der Waals surface area contributed by atoms with Crippen molar-refractivity contribution in [2.45, 2.75) is 52.1 Å². The van der Waals surface area contributed by atoms with Crippen molar-refractivity contribution in [1.82, 2.24) is 19.8 Å². The molecule has 1 aliphatic rings. The van der Waals surface area contributed by atoms with Gasteiger partial charge >= 0.3 is 0 Å². The predicted molar refractivity (Wildman–Crippen MR) is 102 cm³/mol. The van der Waals surface area contributed by atoms with Crippen molar-refractivity contribution in [2.75, 3.05) is 26.2 Å². The molecule has 0 aliphatic carbocycles. The summed E-state index contributed by atoms with van der Waals surface area (Å²) in [4.78, 5) is 7.39. The number of aryl methyl sites for hydroxylation is 1. The van der Waals surface area contributed by atoms with Crippen molar-refractivity contribution in [3.63, 3.8) is 0 Å². The summed E-state index contributed by atoms with van der Waals surface area (Å²) >= 11 is 6.18. The summed E-state index contributed by atoms with van der Waals surface area (Å²) in [6.45, 7) is 8.74. The van der Waals surface area contributed by atoms with E-state index in [2.05, 4.69) is 21.7 Å². The molecule has 24 heavy (non-hydrogen) atoms. The SMILES string of the molecule is CCCCn1c(CNCCN2CCCCC2)nc2ccc(Cl)cc21. The molecular weight excluding hydrogens is 320 g/mol. The molecule has 0 radical (unpaired) electrons. The lowest BCUT2D eigenvalue weighted by atomic mass is 10.1. The Morgan fingerprint density at radius 3 is 2.79 bits per heavy atom. The van der Waals surface area contributed by atoms with E-state index in [0.29, 0.717) is 0 Å². The van der Waals surface area contributed by atoms with Gasteiger partial charge in [0.05, 0.1) is 17.6 Å². The summed E-state index contributed by atoms with van der Waals surface area (Å²) in [5.41, 5.74) is 2.20. The van der Waals surface area contributed by atoms with Gasteiger partial charge in [-0.1, -0.05) is 31.4 Å². The maximum absolute atomic E-state index is 6.18. The van der Waals surface area contributed by atoms with Crippen LogP contribution in [0.1, 0.15) is 44.9 Å². The first-order valence-corrected chi connectivity index (χ1v) is 9.73. The molecule has 1 aliphatic heterocycles. The summed E-state index contributed by atoms with van der Waals surface area (Å²) in [6, 6.07) is 5.99. The number of imidazole rings is 1. The van der Waals surface area contributed by atoms with E-state index in [-0.39, 0.29) is 0 Å². The first-order chi connectivity index (χ1) is 11.8. The van der Waals surface area contributed by atoms with Gasteiger partial charge in [-0.2, -0.15) is 0 Å². The van der Waals surface area contributed by atoms with Gasteiger partial charge in [-0.05, 0) is 50.6 Å². The summed E-state index contributed by atoms with van der Waals surface area (Å²) in [5, 5.41) is 4.37. The topological polar surface area (TPSA) is 33.1 Å². The van der Waals surface area contributed by atoms with Crippen LogP contribution in [0.3, 0.4) is 0 Å². The van der Waals surface area contributed by atoms with Crippen molar-refractivity contribution in [1.29, 1.82) is 0 Å². The van der Waals surface area contributed by atoms with E-state index in [1.54, 1.807) is 0 Å². The van der Waals surface area contributed by atoms with Gasteiger partial charge in [0.15, 0.2) is 0 Å². The van der Waals surface area contributed by atoms with Crippen molar-refractivity contribution in [3.05, 3.63) is 29.0 Å². The normalized spacial score (nSPS) is 16.1. The standard InChI is InChI=1S/C19H29ClN4/c1-2-3-12-24-18-14-16(20)7-8-17(18)22-19(24)15-21-9-13-23-10-5-4-6-11-23/h7-8,14,21H,2-6,9-13,15H2,1H3. The van der Waals surface area contributed by atoms with Crippen LogP contribution < -0.4 is 5.32 Å². The third kappa shape index (κ3) is 4.50. The Labute approximate surface area is 150 Å². The fraction of sp³-hybridized carbons (Fsp3) is 0.632. The van der Waals surface area contributed by atoms with E-state index in [9.17, 15) is 0 Å². The van der Waals surface area contributed by atoms with Gasteiger partial charge in [0.1, 0.15) is 5.82 Å². The van der Waals surface area contributed by atoms with Gasteiger partial charge in [0.25, 0.3) is 0 Å². The van der Waals surface area contributed by atoms with Crippen molar-refractivity contribution >= 4 is 22.6 Å². The van der Waals surface area contributed by atoms with Crippen LogP contribution in [0, 0.1) is 0 Å². The van der Waals surface area contributed by atoms with Gasteiger partial charge in [0, 0.05) is 24.7 Å². The summed E-state index contributed by atoms with van der Waals surface area (Å²) in [6.07, 6.45) is 6.45. The molecule has 0 amide bonds. The highest BCUT2D eigenvalue weighted by molar-refractivity contribution is 6.31. The number of benzene rings is 1. The molecule has 2 aromatic rings. The molecule has 0 unspecified atom stereocenters. The zero-order chi connectivity index (χ0) is 16.8. The fourth-order valence-electron chi connectivity index (χ4n) is 3.47. The minimum absolute atomic E-state index is 0.782. The molecule has 0 spiro atoms. The van der Waals surface area contributed by atoms with E-state index in [1.165, 1.54) is 45.2 Å². The van der Waals surface area contributed by atoms with E-state index in [1.807, 2.05) is 18.2 Å². The first kappa shape index (κ1) is 17.7. The molecule has 1 aromatic heterocycles. The van der Waals surface area contributed by atoms with Gasteiger partial charge in [-0.3, -0.25) is 0 Å². The summed E-state index contributed by atoms with van der Waals surface area (Å²) in [5.74, 6) is 1.12. The van der Waals surface area contributed by atoms with Gasteiger partial charge < -0.3 is 14.8 Å². The lowest BCUT2D eigenvalue weighted by molar-refractivity contribution is 0.228. The second-order valence-electron chi connectivity index (χ2n) is 6.75. The Morgan fingerprint density at radius 2 is 2.00 bits per heavy atom. The van der Waals surface area contributed by atoms with Crippen LogP contribution in [-0.2, 0) is 13.1 Å². The Bertz CT molecular complexity index is 646. The predicted octanol–water partition coefficient (Wildman–Crippen LogP) is 4.07. The van der Waals surface area contributed by atoms with E-state index < -0.39 is 0 Å². The van der Waals surface area contributed by atoms with Crippen LogP contribution in [0.15, 0.2) is 18.2 Å². The number of likely N-dealkylation sites (tertiary alicyclic amines) is 1. The van der Waals surface area contributed by atoms with Gasteiger partial charge in [-0.15, -0.1) is 0 Å². The van der Waals surface area contributed by atoms with Crippen molar-refractivity contribution in [3.8, 4) is 0 Å². The van der Waals surface area contributed by atoms with Crippen LogP contribution in [0.5, 0.6) is 0 Å². The minimum atomic E-state index is 0.782. The van der Waals surface area contributed by atoms with Crippen LogP contribution >= 0.6 is 11.6 Å². The summed E-state index contributed by atoms with van der Waals surface area (Å²) in [7, 11) is 0. The number of hydrogen-bond acceptors (Lipinski definition) is 3. The highest BCUT2D eigenvalue weighted by atomic mass is 35.5. The molecule has 3 rings (SSSR count). The number of aromatic nitrogens is 2. The molecule has 132 valence electrons. The van der Waals surface area contributed by atoms with Crippen molar-refractivity contribution in [2.24, 2.45) is 0 Å². The number of unbranched alkanes of at least 4 members (excludes halogenated alkanes) is 1. The molecule has 4 nitrogen and oxygen atoms in total. The quantitative estimate of drug-likeness (QED) is 0.730. The van der Waals surface area contributed by atoms with Crippen LogP contribution in [0.25, 0.3) is 11.0 Å². The van der Waals surface area contributed by atoms with Crippen molar-refractivity contribution < 1.29 is 0 Å². The molecule has 1 aromatic carbocycles. The van der Waals surface area contributed by atoms with Crippen LogP contribution in [0.2, 0.25) is 5.02 Å². The lowest BCUT2D eigenvalue weighted by Crippen LogP contribution is -2.35. The number of piperidine rings is 1. The molecular formula is C19H29ClN4. The summed E-state index contributed by atoms with van der Waals surface area (Å²) < 4.78 is 2.33. The molecule has 5 heteroatoms. The molecule has 0 atom stereocenters. The number of fused-ring (bicyclic) bond motifs is 1. The second-order valence-corrected chi connectivity index (χ2v) is 7.18. The van der Waals surface area contributed by atoms with Gasteiger partial charge in [-0.25, -0.2) is 4.98 Å². The molecule has 1 N–H and O–H groups in total. The molecule has 2 heterocycles. The average molecular weight is 349 g/mol. The smallest absolute Gasteiger partial charge is 0.123 e. The maximum atomic E-state index is 6.18. The zero-order valence-electron chi connectivity index (χ0n) is 14.7. The third-order valence-electron chi connectivity index (χ3n) is 4.86. The monoisotopic (exact) mass is 348 g/mol. The minimum Gasteiger partial charge on any atom is -0.327 e. The van der Waals surface area contributed by atoms with Gasteiger partial charge in [0.2, 0.25) is 0 Å². The van der Waals surface area contributed by atoms with E-state index in [4.69, 9.17) is 16.6 Å². The number of hydrogen-bond donors (Lipinski definition) is 1. The van der Waals surface area contributed by atoms with E-state index >= 15 is 0 Å². The Kier molecular flexibility index (Phi) is 6.52. The second kappa shape index (κ2) is 8.84. The average Bonchev–Trinajstić information content (AvgIpc) is 2.94. The number of rotatable bonds is 8. The highest BCUT2D eigenvalue weighted by Crippen LogP contribution is 2.21. The molecule has 1 fully saturated rings. The highest BCUT2D eigenvalue weighted by Gasteiger charge is 2.12. The molecule has 0 bridgehead atoms. The third-order valence-corrected chi connectivity index (χ3v) is 5.10. The zero-order valence-corrected chi connectivity index (χ0v) is 15.5. The molecule has 1 saturated heterocycles. The first-order valence-electron chi connectivity index (χ1n) is 9.35. The molecule has 0 saturated carbocycles.